The molecule has 29 heavy (non-hydrogen) atoms. The number of fused-ring (bicyclic) bond motifs is 1. The van der Waals surface area contributed by atoms with Gasteiger partial charge in [0.25, 0.3) is 5.56 Å². The predicted molar refractivity (Wildman–Crippen MR) is 122 cm³/mol. The first kappa shape index (κ1) is 19.5. The lowest BCUT2D eigenvalue weighted by Crippen LogP contribution is -2.42. The minimum Gasteiger partial charge on any atom is -0.497 e. The molecule has 0 atom stereocenters. The molecule has 1 aliphatic carbocycles. The predicted octanol–water partition coefficient (Wildman–Crippen LogP) is 4.68. The van der Waals surface area contributed by atoms with Crippen molar-refractivity contribution in [3.05, 3.63) is 70.5 Å². The van der Waals surface area contributed by atoms with Gasteiger partial charge in [-0.05, 0) is 61.5 Å². The van der Waals surface area contributed by atoms with Crippen LogP contribution >= 0.6 is 12.2 Å². The maximum atomic E-state index is 12.7. The number of rotatable bonds is 5. The Balaban J connectivity index is 1.64. The third kappa shape index (κ3) is 4.43. The van der Waals surface area contributed by atoms with Crippen molar-refractivity contribution in [2.75, 3.05) is 12.4 Å². The summed E-state index contributed by atoms with van der Waals surface area (Å²) in [7, 11) is 1.64. The van der Waals surface area contributed by atoms with E-state index in [1.807, 2.05) is 54.6 Å². The number of nitrogens with one attached hydrogen (secondary N) is 2. The molecule has 0 saturated heterocycles. The van der Waals surface area contributed by atoms with Crippen LogP contribution in [0.2, 0.25) is 0 Å². The minimum absolute atomic E-state index is 0.0758. The molecule has 4 rings (SSSR count). The molecule has 1 heterocycles. The number of aromatic amines is 1. The van der Waals surface area contributed by atoms with E-state index in [2.05, 4.69) is 15.2 Å². The summed E-state index contributed by atoms with van der Waals surface area (Å²) in [5.41, 5.74) is 2.39. The lowest BCUT2D eigenvalue weighted by atomic mass is 10.1. The van der Waals surface area contributed by atoms with Crippen molar-refractivity contribution in [1.29, 1.82) is 0 Å². The van der Waals surface area contributed by atoms with Crippen LogP contribution in [0.15, 0.2) is 59.4 Å². The number of nitrogens with zero attached hydrogens (tertiary/aromatic N) is 1. The van der Waals surface area contributed by atoms with Crippen molar-refractivity contribution in [3.63, 3.8) is 0 Å². The number of ether oxygens (including phenoxy) is 1. The summed E-state index contributed by atoms with van der Waals surface area (Å²) in [5.74, 6) is 0.768. The molecule has 2 N–H and O–H groups in total. The lowest BCUT2D eigenvalue weighted by Gasteiger charge is -2.31. The zero-order valence-electron chi connectivity index (χ0n) is 16.5. The van der Waals surface area contributed by atoms with E-state index in [0.717, 1.165) is 35.2 Å². The second-order valence-corrected chi connectivity index (χ2v) is 7.83. The van der Waals surface area contributed by atoms with Crippen molar-refractivity contribution < 1.29 is 4.74 Å². The number of anilines is 1. The Morgan fingerprint density at radius 3 is 2.66 bits per heavy atom. The fourth-order valence-electron chi connectivity index (χ4n) is 3.96. The minimum atomic E-state index is -0.0758. The fourth-order valence-corrected chi connectivity index (χ4v) is 4.29. The molecule has 1 aliphatic rings. The summed E-state index contributed by atoms with van der Waals surface area (Å²) in [6, 6.07) is 17.9. The van der Waals surface area contributed by atoms with Crippen LogP contribution in [-0.2, 0) is 6.54 Å². The normalized spacial score (nSPS) is 14.1. The van der Waals surface area contributed by atoms with Crippen LogP contribution in [0.4, 0.5) is 5.69 Å². The second-order valence-electron chi connectivity index (χ2n) is 7.44. The molecule has 0 aliphatic heterocycles. The Morgan fingerprint density at radius 2 is 1.93 bits per heavy atom. The first-order chi connectivity index (χ1) is 14.1. The molecule has 0 radical (unpaired) electrons. The van der Waals surface area contributed by atoms with Crippen molar-refractivity contribution in [2.45, 2.75) is 38.3 Å². The maximum absolute atomic E-state index is 12.7. The van der Waals surface area contributed by atoms with E-state index >= 15 is 0 Å². The number of hydrogen-bond donors (Lipinski definition) is 2. The number of H-pyrrole nitrogens is 1. The number of methoxy groups -OCH3 is 1. The Morgan fingerprint density at radius 1 is 1.17 bits per heavy atom. The smallest absolute Gasteiger partial charge is 0.253 e. The summed E-state index contributed by atoms with van der Waals surface area (Å²) < 4.78 is 5.33. The van der Waals surface area contributed by atoms with Gasteiger partial charge in [-0.2, -0.15) is 0 Å². The zero-order valence-corrected chi connectivity index (χ0v) is 17.3. The highest BCUT2D eigenvalue weighted by molar-refractivity contribution is 7.80. The number of hydrogen-bond acceptors (Lipinski definition) is 3. The molecule has 0 bridgehead atoms. The third-order valence-electron chi connectivity index (χ3n) is 5.52. The highest BCUT2D eigenvalue weighted by atomic mass is 32.1. The van der Waals surface area contributed by atoms with Gasteiger partial charge in [0.1, 0.15) is 5.75 Å². The van der Waals surface area contributed by atoms with Crippen LogP contribution in [0.3, 0.4) is 0 Å². The molecule has 0 spiro atoms. The average Bonchev–Trinajstić information content (AvgIpc) is 3.27. The Kier molecular flexibility index (Phi) is 5.81. The molecular formula is C23H25N3O2S. The van der Waals surface area contributed by atoms with Crippen molar-refractivity contribution in [3.8, 4) is 5.75 Å². The summed E-state index contributed by atoms with van der Waals surface area (Å²) in [6.07, 6.45) is 4.58. The van der Waals surface area contributed by atoms with Gasteiger partial charge >= 0.3 is 0 Å². The van der Waals surface area contributed by atoms with Gasteiger partial charge in [0.15, 0.2) is 5.11 Å². The van der Waals surface area contributed by atoms with Gasteiger partial charge in [0.2, 0.25) is 0 Å². The van der Waals surface area contributed by atoms with E-state index in [-0.39, 0.29) is 5.56 Å². The number of para-hydroxylation sites is 1. The van der Waals surface area contributed by atoms with Crippen LogP contribution in [0.1, 0.15) is 31.2 Å². The van der Waals surface area contributed by atoms with Gasteiger partial charge < -0.3 is 19.9 Å². The van der Waals surface area contributed by atoms with E-state index < -0.39 is 0 Å². The van der Waals surface area contributed by atoms with Crippen molar-refractivity contribution in [2.24, 2.45) is 0 Å². The number of aromatic nitrogens is 1. The van der Waals surface area contributed by atoms with E-state index in [1.54, 1.807) is 7.11 Å². The number of benzene rings is 2. The zero-order chi connectivity index (χ0) is 20.2. The number of thiocarbonyl (C=S) groups is 1. The van der Waals surface area contributed by atoms with Crippen LogP contribution in [0.5, 0.6) is 5.75 Å². The molecule has 0 unspecified atom stereocenters. The van der Waals surface area contributed by atoms with Crippen molar-refractivity contribution >= 4 is 33.9 Å². The monoisotopic (exact) mass is 407 g/mol. The fraction of sp³-hybridized carbons (Fsp3) is 0.304. The van der Waals surface area contributed by atoms with Gasteiger partial charge in [-0.3, -0.25) is 4.79 Å². The van der Waals surface area contributed by atoms with Gasteiger partial charge in [0.05, 0.1) is 13.7 Å². The standard InChI is InChI=1S/C23H25N3O2S/c1-28-20-11-12-21-16(14-20)13-17(22(27)25-21)15-26(19-9-5-6-10-19)23(29)24-18-7-3-2-4-8-18/h2-4,7-8,11-14,19H,5-6,9-10,15H2,1H3,(H,24,29)(H,25,27). The third-order valence-corrected chi connectivity index (χ3v) is 5.86. The Labute approximate surface area is 175 Å². The molecule has 5 nitrogen and oxygen atoms in total. The first-order valence-corrected chi connectivity index (χ1v) is 10.4. The van der Waals surface area contributed by atoms with Crippen LogP contribution in [-0.4, -0.2) is 28.1 Å². The molecule has 3 aromatic rings. The van der Waals surface area contributed by atoms with E-state index in [0.29, 0.717) is 23.3 Å². The quantitative estimate of drug-likeness (QED) is 0.602. The maximum Gasteiger partial charge on any atom is 0.253 e. The highest BCUT2D eigenvalue weighted by Gasteiger charge is 2.25. The van der Waals surface area contributed by atoms with E-state index in [1.165, 1.54) is 12.8 Å². The lowest BCUT2D eigenvalue weighted by molar-refractivity contribution is 0.311. The van der Waals surface area contributed by atoms with Crippen LogP contribution in [0, 0.1) is 0 Å². The van der Waals surface area contributed by atoms with E-state index in [4.69, 9.17) is 17.0 Å². The number of pyridine rings is 1. The summed E-state index contributed by atoms with van der Waals surface area (Å²) >= 11 is 5.75. The molecule has 6 heteroatoms. The molecular weight excluding hydrogens is 382 g/mol. The molecule has 0 amide bonds. The SMILES string of the molecule is COc1ccc2[nH]c(=O)c(CN(C(=S)Nc3ccccc3)C3CCCC3)cc2c1. The molecule has 1 fully saturated rings. The Bertz CT molecular complexity index is 1060. The molecule has 1 saturated carbocycles. The molecule has 2 aromatic carbocycles. The van der Waals surface area contributed by atoms with E-state index in [9.17, 15) is 4.79 Å². The van der Waals surface area contributed by atoms with Gasteiger partial charge in [-0.25, -0.2) is 0 Å². The summed E-state index contributed by atoms with van der Waals surface area (Å²) in [5, 5.41) is 4.95. The average molecular weight is 408 g/mol. The largest absolute Gasteiger partial charge is 0.497 e. The highest BCUT2D eigenvalue weighted by Crippen LogP contribution is 2.26. The van der Waals surface area contributed by atoms with Crippen molar-refractivity contribution in [1.82, 2.24) is 9.88 Å². The van der Waals surface area contributed by atoms with Crippen LogP contribution in [0.25, 0.3) is 10.9 Å². The first-order valence-electron chi connectivity index (χ1n) is 9.96. The molecule has 150 valence electrons. The van der Waals surface area contributed by atoms with Crippen LogP contribution < -0.4 is 15.6 Å². The summed E-state index contributed by atoms with van der Waals surface area (Å²) in [6.45, 7) is 0.478. The van der Waals surface area contributed by atoms with Gasteiger partial charge in [-0.1, -0.05) is 31.0 Å². The summed E-state index contributed by atoms with van der Waals surface area (Å²) in [4.78, 5) is 17.9. The van der Waals surface area contributed by atoms with Gasteiger partial charge in [0, 0.05) is 28.2 Å². The molecule has 1 aromatic heterocycles. The topological polar surface area (TPSA) is 57.4 Å². The van der Waals surface area contributed by atoms with Gasteiger partial charge in [-0.15, -0.1) is 0 Å². The Hall–Kier alpha value is -2.86. The second kappa shape index (κ2) is 8.66.